The van der Waals surface area contributed by atoms with Crippen LogP contribution in [-0.2, 0) is 14.4 Å². The van der Waals surface area contributed by atoms with Crippen LogP contribution >= 0.6 is 0 Å². The molecule has 4 atom stereocenters. The van der Waals surface area contributed by atoms with Crippen molar-refractivity contribution in [1.29, 1.82) is 0 Å². The van der Waals surface area contributed by atoms with E-state index in [-0.39, 0.29) is 6.42 Å². The van der Waals surface area contributed by atoms with Gasteiger partial charge in [0, 0.05) is 43.5 Å². The first-order chi connectivity index (χ1) is 18.8. The Kier molecular flexibility index (Phi) is 8.17. The van der Waals surface area contributed by atoms with Gasteiger partial charge in [-0.3, -0.25) is 14.4 Å². The minimum atomic E-state index is -1.67. The second-order valence-corrected chi connectivity index (χ2v) is 11.6. The number of aliphatic hydroxyl groups is 1. The monoisotopic (exact) mass is 541 g/mol. The smallest absolute Gasteiger partial charge is 0.235 e. The van der Waals surface area contributed by atoms with Gasteiger partial charge < -0.3 is 20.6 Å². The number of ketones is 1. The number of benzene rings is 3. The summed E-state index contributed by atoms with van der Waals surface area (Å²) in [7, 11) is 3.84. The van der Waals surface area contributed by atoms with Gasteiger partial charge in [0.05, 0.1) is 11.5 Å². The maximum absolute atomic E-state index is 14.0. The highest BCUT2D eigenvalue weighted by Gasteiger charge is 2.56. The van der Waals surface area contributed by atoms with Crippen molar-refractivity contribution in [3.05, 3.63) is 88.5 Å². The lowest BCUT2D eigenvalue weighted by Gasteiger charge is -2.44. The van der Waals surface area contributed by atoms with Gasteiger partial charge in [0.25, 0.3) is 0 Å². The zero-order valence-corrected chi connectivity index (χ0v) is 24.3. The highest BCUT2D eigenvalue weighted by molar-refractivity contribution is 6.10. The summed E-state index contributed by atoms with van der Waals surface area (Å²) in [6, 6.07) is 18.8. The molecule has 4 rings (SSSR count). The molecule has 3 aromatic rings. The first kappa shape index (κ1) is 29.0. The molecule has 3 N–H and O–H groups in total. The number of rotatable bonds is 6. The van der Waals surface area contributed by atoms with Gasteiger partial charge in [-0.15, -0.1) is 0 Å². The van der Waals surface area contributed by atoms with Crippen LogP contribution < -0.4 is 15.5 Å². The summed E-state index contributed by atoms with van der Waals surface area (Å²) in [4.78, 5) is 43.4. The van der Waals surface area contributed by atoms with Crippen molar-refractivity contribution in [2.45, 2.75) is 52.6 Å². The number of hydrogen-bond donors (Lipinski definition) is 3. The van der Waals surface area contributed by atoms with Crippen molar-refractivity contribution in [2.75, 3.05) is 29.6 Å². The molecule has 1 aliphatic carbocycles. The van der Waals surface area contributed by atoms with E-state index < -0.39 is 41.0 Å². The van der Waals surface area contributed by atoms with E-state index >= 15 is 0 Å². The van der Waals surface area contributed by atoms with Crippen molar-refractivity contribution in [2.24, 2.45) is 11.8 Å². The van der Waals surface area contributed by atoms with Crippen molar-refractivity contribution in [1.82, 2.24) is 0 Å². The Morgan fingerprint density at radius 1 is 0.825 bits per heavy atom. The predicted octanol–water partition coefficient (Wildman–Crippen LogP) is 5.30. The summed E-state index contributed by atoms with van der Waals surface area (Å²) in [5.41, 5.74) is 5.03. The number of hydrogen-bond acceptors (Lipinski definition) is 5. The molecule has 40 heavy (non-hydrogen) atoms. The zero-order valence-electron chi connectivity index (χ0n) is 24.3. The van der Waals surface area contributed by atoms with E-state index in [4.69, 9.17) is 0 Å². The standard InChI is InChI=1S/C33H39N3O4/c1-19-8-14-25(21(3)16-19)34-31(38)29-27(37)18-33(5,40)30(28(29)23-10-12-24(13-11-23)36(6)7)32(39)35-26-15-9-20(2)17-22(26)4/h8-17,28-30,40H,18H2,1-7H3,(H,34,38)(H,35,39). The van der Waals surface area contributed by atoms with E-state index in [2.05, 4.69) is 10.6 Å². The van der Waals surface area contributed by atoms with Gasteiger partial charge in [0.2, 0.25) is 11.8 Å². The van der Waals surface area contributed by atoms with Gasteiger partial charge >= 0.3 is 0 Å². The number of nitrogens with one attached hydrogen (secondary N) is 2. The summed E-state index contributed by atoms with van der Waals surface area (Å²) in [5.74, 6) is -4.44. The van der Waals surface area contributed by atoms with E-state index in [9.17, 15) is 19.5 Å². The van der Waals surface area contributed by atoms with E-state index in [0.29, 0.717) is 16.9 Å². The summed E-state index contributed by atoms with van der Waals surface area (Å²) in [6.07, 6.45) is -0.310. The Morgan fingerprint density at radius 3 is 1.80 bits per heavy atom. The average molecular weight is 542 g/mol. The maximum Gasteiger partial charge on any atom is 0.235 e. The number of carbonyl (C=O) groups excluding carboxylic acids is 3. The molecule has 3 aromatic carbocycles. The molecule has 0 saturated heterocycles. The molecule has 210 valence electrons. The van der Waals surface area contributed by atoms with Gasteiger partial charge in [0.15, 0.2) is 0 Å². The summed E-state index contributed by atoms with van der Waals surface area (Å²) in [6.45, 7) is 9.26. The fourth-order valence-corrected chi connectivity index (χ4v) is 5.82. The van der Waals surface area contributed by atoms with Crippen molar-refractivity contribution in [3.63, 3.8) is 0 Å². The summed E-state index contributed by atoms with van der Waals surface area (Å²) in [5, 5.41) is 17.5. The molecule has 1 aliphatic rings. The Bertz CT molecular complexity index is 1440. The lowest BCUT2D eigenvalue weighted by atomic mass is 9.61. The molecule has 7 heteroatoms. The van der Waals surface area contributed by atoms with Gasteiger partial charge in [-0.2, -0.15) is 0 Å². The first-order valence-corrected chi connectivity index (χ1v) is 13.6. The quantitative estimate of drug-likeness (QED) is 0.368. The van der Waals surface area contributed by atoms with Crippen LogP contribution in [0.3, 0.4) is 0 Å². The zero-order chi connectivity index (χ0) is 29.4. The highest BCUT2D eigenvalue weighted by Crippen LogP contribution is 2.47. The average Bonchev–Trinajstić information content (AvgIpc) is 2.86. The third kappa shape index (κ3) is 5.94. The molecule has 4 unspecified atom stereocenters. The van der Waals surface area contributed by atoms with Gasteiger partial charge in [-0.05, 0) is 75.6 Å². The van der Waals surface area contributed by atoms with Crippen LogP contribution in [0.2, 0.25) is 0 Å². The van der Waals surface area contributed by atoms with Gasteiger partial charge in [0.1, 0.15) is 11.7 Å². The lowest BCUT2D eigenvalue weighted by molar-refractivity contribution is -0.150. The molecular formula is C33H39N3O4. The number of anilines is 3. The topological polar surface area (TPSA) is 98.7 Å². The van der Waals surface area contributed by atoms with Gasteiger partial charge in [-0.25, -0.2) is 0 Å². The Labute approximate surface area is 236 Å². The van der Waals surface area contributed by atoms with E-state index in [1.807, 2.05) is 107 Å². The summed E-state index contributed by atoms with van der Waals surface area (Å²) >= 11 is 0. The highest BCUT2D eigenvalue weighted by atomic mass is 16.3. The van der Waals surface area contributed by atoms with Gasteiger partial charge in [-0.1, -0.05) is 47.5 Å². The number of amides is 2. The first-order valence-electron chi connectivity index (χ1n) is 13.6. The summed E-state index contributed by atoms with van der Waals surface area (Å²) < 4.78 is 0. The van der Waals surface area contributed by atoms with E-state index in [1.165, 1.54) is 6.92 Å². The lowest BCUT2D eigenvalue weighted by Crippen LogP contribution is -2.56. The fourth-order valence-electron chi connectivity index (χ4n) is 5.82. The van der Waals surface area contributed by atoms with E-state index in [1.54, 1.807) is 0 Å². The molecule has 0 aromatic heterocycles. The van der Waals surface area contributed by atoms with Crippen LogP contribution in [0, 0.1) is 39.5 Å². The predicted molar refractivity (Wildman–Crippen MR) is 160 cm³/mol. The van der Waals surface area contributed by atoms with Crippen molar-refractivity contribution in [3.8, 4) is 0 Å². The minimum Gasteiger partial charge on any atom is -0.389 e. The number of aryl methyl sites for hydroxylation is 4. The molecule has 1 saturated carbocycles. The molecule has 0 aliphatic heterocycles. The van der Waals surface area contributed by atoms with E-state index in [0.717, 1.165) is 27.9 Å². The second-order valence-electron chi connectivity index (χ2n) is 11.6. The second kappa shape index (κ2) is 11.3. The van der Waals surface area contributed by atoms with Crippen LogP contribution in [0.4, 0.5) is 17.1 Å². The third-order valence-corrected chi connectivity index (χ3v) is 7.91. The third-order valence-electron chi connectivity index (χ3n) is 7.91. The number of Topliss-reactive ketones (excluding diaryl/α,β-unsaturated/α-hetero) is 1. The molecule has 0 radical (unpaired) electrons. The Balaban J connectivity index is 1.79. The van der Waals surface area contributed by atoms with Crippen LogP contribution in [0.25, 0.3) is 0 Å². The Morgan fingerprint density at radius 2 is 1.32 bits per heavy atom. The molecule has 0 bridgehead atoms. The number of carbonyl (C=O) groups is 3. The van der Waals surface area contributed by atoms with Crippen LogP contribution in [0.5, 0.6) is 0 Å². The molecule has 1 fully saturated rings. The van der Waals surface area contributed by atoms with Crippen molar-refractivity contribution >= 4 is 34.7 Å². The molecule has 0 spiro atoms. The largest absolute Gasteiger partial charge is 0.389 e. The normalized spacial score (nSPS) is 22.5. The van der Waals surface area contributed by atoms with Crippen LogP contribution in [-0.4, -0.2) is 42.4 Å². The fraction of sp³-hybridized carbons (Fsp3) is 0.364. The maximum atomic E-state index is 14.0. The molecule has 7 nitrogen and oxygen atoms in total. The van der Waals surface area contributed by atoms with Crippen molar-refractivity contribution < 1.29 is 19.5 Å². The Hall–Kier alpha value is -3.97. The SMILES string of the molecule is Cc1ccc(NC(=O)C2C(=O)CC(C)(O)C(C(=O)Nc3ccc(C)cc3C)C2c2ccc(N(C)C)cc2)c(C)c1. The molecule has 0 heterocycles. The van der Waals surface area contributed by atoms with Crippen LogP contribution in [0.15, 0.2) is 60.7 Å². The molecular weight excluding hydrogens is 502 g/mol. The number of nitrogens with zero attached hydrogens (tertiary/aromatic N) is 1. The molecule has 2 amide bonds. The van der Waals surface area contributed by atoms with Crippen LogP contribution in [0.1, 0.15) is 47.1 Å². The minimum absolute atomic E-state index is 0.310.